The lowest BCUT2D eigenvalue weighted by Crippen LogP contribution is -2.40. The second-order valence-corrected chi connectivity index (χ2v) is 9.16. The fourth-order valence-electron chi connectivity index (χ4n) is 4.03. The van der Waals surface area contributed by atoms with Crippen molar-refractivity contribution < 1.29 is 4.79 Å². The molecule has 156 valence electrons. The van der Waals surface area contributed by atoms with Crippen LogP contribution < -0.4 is 15.2 Å². The number of pyridine rings is 1. The number of rotatable bonds is 5. The van der Waals surface area contributed by atoms with Crippen LogP contribution in [0.1, 0.15) is 37.6 Å². The molecule has 2 aromatic heterocycles. The molecule has 1 aromatic carbocycles. The summed E-state index contributed by atoms with van der Waals surface area (Å²) >= 11 is 1.28. The predicted molar refractivity (Wildman–Crippen MR) is 119 cm³/mol. The third kappa shape index (κ3) is 4.14. The molecule has 1 amide bonds. The minimum absolute atomic E-state index is 0.128. The van der Waals surface area contributed by atoms with Crippen molar-refractivity contribution in [3.63, 3.8) is 0 Å². The Morgan fingerprint density at radius 2 is 1.97 bits per heavy atom. The molecule has 30 heavy (non-hydrogen) atoms. The van der Waals surface area contributed by atoms with Crippen LogP contribution in [-0.2, 0) is 0 Å². The van der Waals surface area contributed by atoms with Gasteiger partial charge in [0.05, 0.1) is 5.56 Å². The Balaban J connectivity index is 1.70. The summed E-state index contributed by atoms with van der Waals surface area (Å²) in [5.41, 5.74) is 0.185. The van der Waals surface area contributed by atoms with Crippen molar-refractivity contribution in [2.75, 3.05) is 11.4 Å². The normalized spacial score (nSPS) is 17.8. The van der Waals surface area contributed by atoms with E-state index < -0.39 is 0 Å². The highest BCUT2D eigenvalue weighted by molar-refractivity contribution is 7.98. The first kappa shape index (κ1) is 20.3. The molecular weight excluding hydrogens is 398 g/mol. The van der Waals surface area contributed by atoms with Gasteiger partial charge in [-0.15, -0.1) is 0 Å². The smallest absolute Gasteiger partial charge is 0.265 e. The topological polar surface area (TPSA) is 83.0 Å². The van der Waals surface area contributed by atoms with E-state index in [1.807, 2.05) is 30.3 Å². The highest BCUT2D eigenvalue weighted by Crippen LogP contribution is 2.37. The van der Waals surface area contributed by atoms with Crippen LogP contribution in [0.5, 0.6) is 0 Å². The molecular formula is C22H25N5O2S. The molecule has 1 atom stereocenters. The summed E-state index contributed by atoms with van der Waals surface area (Å²) in [7, 11) is 0. The minimum Gasteiger partial charge on any atom is -0.350 e. The van der Waals surface area contributed by atoms with E-state index in [-0.39, 0.29) is 17.0 Å². The standard InChI is InChI=1S/C22H25N5O2S/c1-15-13-22(2,3)26(14-15)20-17(21(29)25-30-16-7-5-4-6-8-16)9-10-18(23-20)27-12-11-19(28)24-27/h4-12,15H,13-14H2,1-3H3,(H,24,28)(H,25,29)/t15-/m0/s1. The monoisotopic (exact) mass is 423 g/mol. The summed E-state index contributed by atoms with van der Waals surface area (Å²) in [6, 6.07) is 14.7. The number of hydrogen-bond donors (Lipinski definition) is 2. The van der Waals surface area contributed by atoms with Gasteiger partial charge in [0.15, 0.2) is 5.82 Å². The number of benzene rings is 1. The van der Waals surface area contributed by atoms with Crippen molar-refractivity contribution in [3.05, 3.63) is 70.6 Å². The number of aromatic nitrogens is 3. The summed E-state index contributed by atoms with van der Waals surface area (Å²) in [6.45, 7) is 7.36. The summed E-state index contributed by atoms with van der Waals surface area (Å²) in [4.78, 5) is 32.6. The van der Waals surface area contributed by atoms with E-state index in [0.717, 1.165) is 17.9 Å². The maximum absolute atomic E-state index is 13.1. The summed E-state index contributed by atoms with van der Waals surface area (Å²) < 4.78 is 4.50. The Kier molecular flexibility index (Phi) is 5.42. The molecule has 8 heteroatoms. The van der Waals surface area contributed by atoms with E-state index >= 15 is 0 Å². The van der Waals surface area contributed by atoms with E-state index in [0.29, 0.717) is 23.1 Å². The first-order chi connectivity index (χ1) is 14.3. The van der Waals surface area contributed by atoms with E-state index in [9.17, 15) is 9.59 Å². The van der Waals surface area contributed by atoms with Crippen LogP contribution in [0.3, 0.4) is 0 Å². The van der Waals surface area contributed by atoms with Crippen molar-refractivity contribution in [1.29, 1.82) is 0 Å². The third-order valence-electron chi connectivity index (χ3n) is 5.29. The van der Waals surface area contributed by atoms with Crippen LogP contribution >= 0.6 is 11.9 Å². The first-order valence-electron chi connectivity index (χ1n) is 9.92. The summed E-state index contributed by atoms with van der Waals surface area (Å²) in [5, 5.41) is 2.71. The molecule has 2 N–H and O–H groups in total. The number of amides is 1. The maximum atomic E-state index is 13.1. The van der Waals surface area contributed by atoms with E-state index in [4.69, 9.17) is 4.98 Å². The van der Waals surface area contributed by atoms with Crippen molar-refractivity contribution in [2.45, 2.75) is 37.6 Å². The Morgan fingerprint density at radius 3 is 2.60 bits per heavy atom. The average Bonchev–Trinajstić information content (AvgIpc) is 3.28. The van der Waals surface area contributed by atoms with E-state index in [2.05, 4.69) is 35.5 Å². The molecule has 4 rings (SSSR count). The maximum Gasteiger partial charge on any atom is 0.265 e. The fraction of sp³-hybridized carbons (Fsp3) is 0.318. The first-order valence-corrected chi connectivity index (χ1v) is 10.7. The molecule has 7 nitrogen and oxygen atoms in total. The van der Waals surface area contributed by atoms with E-state index in [1.54, 1.807) is 23.0 Å². The van der Waals surface area contributed by atoms with Gasteiger partial charge in [0, 0.05) is 29.2 Å². The lowest BCUT2D eigenvalue weighted by molar-refractivity contribution is 0.0984. The Bertz CT molecular complexity index is 1110. The van der Waals surface area contributed by atoms with Crippen molar-refractivity contribution in [3.8, 4) is 5.82 Å². The van der Waals surface area contributed by atoms with Crippen LogP contribution in [0.15, 0.2) is 64.4 Å². The molecule has 1 aliphatic heterocycles. The number of hydrogen-bond acceptors (Lipinski definition) is 5. The Morgan fingerprint density at radius 1 is 1.20 bits per heavy atom. The van der Waals surface area contributed by atoms with Gasteiger partial charge in [-0.25, -0.2) is 9.67 Å². The Labute approximate surface area is 179 Å². The van der Waals surface area contributed by atoms with Gasteiger partial charge in [0.1, 0.15) is 5.82 Å². The molecule has 1 aliphatic rings. The van der Waals surface area contributed by atoms with Gasteiger partial charge in [0.2, 0.25) is 0 Å². The zero-order valence-electron chi connectivity index (χ0n) is 17.3. The van der Waals surface area contributed by atoms with Crippen molar-refractivity contribution in [2.24, 2.45) is 5.92 Å². The van der Waals surface area contributed by atoms with Gasteiger partial charge >= 0.3 is 0 Å². The van der Waals surface area contributed by atoms with Gasteiger partial charge < -0.3 is 4.90 Å². The van der Waals surface area contributed by atoms with Gasteiger partial charge in [-0.1, -0.05) is 25.1 Å². The number of H-pyrrole nitrogens is 1. The number of carbonyl (C=O) groups excluding carboxylic acids is 1. The number of nitrogens with zero attached hydrogens (tertiary/aromatic N) is 3. The van der Waals surface area contributed by atoms with Gasteiger partial charge in [0.25, 0.3) is 11.5 Å². The predicted octanol–water partition coefficient (Wildman–Crippen LogP) is 3.62. The molecule has 0 saturated carbocycles. The molecule has 0 radical (unpaired) electrons. The molecule has 0 aliphatic carbocycles. The van der Waals surface area contributed by atoms with Crippen LogP contribution in [-0.4, -0.2) is 32.8 Å². The molecule has 0 spiro atoms. The van der Waals surface area contributed by atoms with Crippen molar-refractivity contribution >= 4 is 23.7 Å². The zero-order chi connectivity index (χ0) is 21.3. The molecule has 3 heterocycles. The number of carbonyl (C=O) groups is 1. The van der Waals surface area contributed by atoms with Crippen LogP contribution in [0, 0.1) is 5.92 Å². The van der Waals surface area contributed by atoms with Crippen LogP contribution in [0.2, 0.25) is 0 Å². The molecule has 3 aromatic rings. The van der Waals surface area contributed by atoms with Crippen LogP contribution in [0.25, 0.3) is 5.82 Å². The van der Waals surface area contributed by atoms with Gasteiger partial charge in [-0.3, -0.25) is 19.4 Å². The second-order valence-electron chi connectivity index (χ2n) is 8.28. The minimum atomic E-state index is -0.200. The zero-order valence-corrected chi connectivity index (χ0v) is 18.1. The highest BCUT2D eigenvalue weighted by atomic mass is 32.2. The lowest BCUT2D eigenvalue weighted by atomic mass is 9.97. The lowest BCUT2D eigenvalue weighted by Gasteiger charge is -2.34. The van der Waals surface area contributed by atoms with Gasteiger partial charge in [-0.05, 0) is 62.4 Å². The molecule has 0 bridgehead atoms. The summed E-state index contributed by atoms with van der Waals surface area (Å²) in [5.74, 6) is 1.48. The number of anilines is 1. The SMILES string of the molecule is C[C@@H]1CN(c2nc(-n3ccc(=O)[nH]3)ccc2C(=O)NSc2ccccc2)C(C)(C)C1. The molecule has 0 unspecified atom stereocenters. The molecule has 1 saturated heterocycles. The van der Waals surface area contributed by atoms with E-state index in [1.165, 1.54) is 18.0 Å². The second kappa shape index (κ2) is 8.02. The summed E-state index contributed by atoms with van der Waals surface area (Å²) in [6.07, 6.45) is 2.65. The molecule has 1 fully saturated rings. The van der Waals surface area contributed by atoms with Crippen LogP contribution in [0.4, 0.5) is 5.82 Å². The number of nitrogens with one attached hydrogen (secondary N) is 2. The Hall–Kier alpha value is -3.00. The van der Waals surface area contributed by atoms with Crippen molar-refractivity contribution in [1.82, 2.24) is 19.5 Å². The van der Waals surface area contributed by atoms with Gasteiger partial charge in [-0.2, -0.15) is 0 Å². The third-order valence-corrected chi connectivity index (χ3v) is 6.09. The average molecular weight is 424 g/mol. The highest BCUT2D eigenvalue weighted by Gasteiger charge is 2.39. The number of aromatic amines is 1. The fourth-order valence-corrected chi connectivity index (χ4v) is 4.65. The quantitative estimate of drug-likeness (QED) is 0.613. The largest absolute Gasteiger partial charge is 0.350 e.